The Labute approximate surface area is 114 Å². The van der Waals surface area contributed by atoms with Crippen LogP contribution in [0, 0.1) is 0 Å². The lowest BCUT2D eigenvalue weighted by molar-refractivity contribution is 0.223. The summed E-state index contributed by atoms with van der Waals surface area (Å²) in [6.45, 7) is 0.426. The first kappa shape index (κ1) is 11.0. The van der Waals surface area contributed by atoms with E-state index in [0.717, 1.165) is 27.9 Å². The predicted octanol–water partition coefficient (Wildman–Crippen LogP) is 1.70. The third kappa shape index (κ3) is 1.41. The van der Waals surface area contributed by atoms with Crippen molar-refractivity contribution in [2.45, 2.75) is 6.54 Å². The first-order chi connectivity index (χ1) is 9.74. The molecule has 4 rings (SSSR count). The Bertz CT molecular complexity index is 835. The van der Waals surface area contributed by atoms with Gasteiger partial charge < -0.3 is 5.73 Å². The zero-order valence-corrected chi connectivity index (χ0v) is 10.5. The van der Waals surface area contributed by atoms with Gasteiger partial charge >= 0.3 is 6.03 Å². The van der Waals surface area contributed by atoms with Crippen molar-refractivity contribution in [1.29, 1.82) is 0 Å². The second kappa shape index (κ2) is 3.80. The lowest BCUT2D eigenvalue weighted by Gasteiger charge is -2.18. The summed E-state index contributed by atoms with van der Waals surface area (Å²) in [5.74, 6) is 0. The normalized spacial score (nSPS) is 13.9. The minimum Gasteiger partial charge on any atom is -0.351 e. The van der Waals surface area contributed by atoms with E-state index in [1.807, 2.05) is 35.2 Å². The molecule has 0 aromatic carbocycles. The third-order valence-electron chi connectivity index (χ3n) is 3.55. The zero-order valence-electron chi connectivity index (χ0n) is 10.5. The highest BCUT2D eigenvalue weighted by atomic mass is 16.2. The molecule has 4 heterocycles. The van der Waals surface area contributed by atoms with Gasteiger partial charge in [-0.05, 0) is 12.1 Å². The minimum absolute atomic E-state index is 0.426. The monoisotopic (exact) mass is 265 g/mol. The molecule has 0 radical (unpaired) electrons. The number of urea groups is 1. The Morgan fingerprint density at radius 2 is 2.25 bits per heavy atom. The number of aromatic nitrogens is 3. The molecule has 0 spiro atoms. The Morgan fingerprint density at radius 3 is 3.10 bits per heavy atom. The van der Waals surface area contributed by atoms with Crippen molar-refractivity contribution < 1.29 is 4.79 Å². The average molecular weight is 265 g/mol. The van der Waals surface area contributed by atoms with E-state index >= 15 is 0 Å². The topological polar surface area (TPSA) is 76.5 Å². The van der Waals surface area contributed by atoms with Gasteiger partial charge in [0.1, 0.15) is 0 Å². The maximum Gasteiger partial charge on any atom is 0.319 e. The maximum atomic E-state index is 11.4. The fourth-order valence-electron chi connectivity index (χ4n) is 2.60. The first-order valence-corrected chi connectivity index (χ1v) is 6.22. The number of nitrogens with zero attached hydrogens (tertiary/aromatic N) is 4. The molecule has 0 atom stereocenters. The van der Waals surface area contributed by atoms with Crippen LogP contribution in [0.3, 0.4) is 0 Å². The number of carbonyl (C=O) groups is 1. The van der Waals surface area contributed by atoms with E-state index < -0.39 is 6.03 Å². The van der Waals surface area contributed by atoms with Crippen LogP contribution in [0.25, 0.3) is 22.7 Å². The number of carbonyl (C=O) groups excluding carboxylic acids is 1. The van der Waals surface area contributed by atoms with Crippen molar-refractivity contribution in [3.05, 3.63) is 48.2 Å². The van der Waals surface area contributed by atoms with E-state index in [1.165, 1.54) is 4.90 Å². The van der Waals surface area contributed by atoms with Crippen molar-refractivity contribution >= 4 is 17.6 Å². The third-order valence-corrected chi connectivity index (χ3v) is 3.55. The molecular weight excluding hydrogens is 254 g/mol. The lowest BCUT2D eigenvalue weighted by atomic mass is 10.1. The van der Waals surface area contributed by atoms with Gasteiger partial charge in [-0.1, -0.05) is 6.07 Å². The molecule has 6 heteroatoms. The van der Waals surface area contributed by atoms with Crippen LogP contribution in [-0.4, -0.2) is 25.5 Å². The van der Waals surface area contributed by atoms with Crippen molar-refractivity contribution in [2.75, 3.05) is 0 Å². The lowest BCUT2D eigenvalue weighted by Crippen LogP contribution is -2.32. The molecule has 6 nitrogen and oxygen atoms in total. The highest BCUT2D eigenvalue weighted by Crippen LogP contribution is 2.31. The fourth-order valence-corrected chi connectivity index (χ4v) is 2.60. The Morgan fingerprint density at radius 1 is 1.35 bits per heavy atom. The molecule has 2 N–H and O–H groups in total. The predicted molar refractivity (Wildman–Crippen MR) is 73.8 cm³/mol. The molecule has 0 bridgehead atoms. The van der Waals surface area contributed by atoms with Crippen LogP contribution in [0.2, 0.25) is 0 Å². The second-order valence-corrected chi connectivity index (χ2v) is 4.72. The minimum atomic E-state index is -0.469. The Hall–Kier alpha value is -2.89. The smallest absolute Gasteiger partial charge is 0.319 e. The van der Waals surface area contributed by atoms with Crippen molar-refractivity contribution in [3.63, 3.8) is 0 Å². The Kier molecular flexibility index (Phi) is 2.09. The molecule has 0 unspecified atom stereocenters. The van der Waals surface area contributed by atoms with Crippen LogP contribution in [0.5, 0.6) is 0 Å². The summed E-state index contributed by atoms with van der Waals surface area (Å²) in [6.07, 6.45) is 9.01. The van der Waals surface area contributed by atoms with E-state index in [0.29, 0.717) is 6.54 Å². The number of rotatable bonds is 0. The van der Waals surface area contributed by atoms with E-state index in [4.69, 9.17) is 5.73 Å². The summed E-state index contributed by atoms with van der Waals surface area (Å²) >= 11 is 0. The van der Waals surface area contributed by atoms with E-state index in [1.54, 1.807) is 12.3 Å². The van der Waals surface area contributed by atoms with Gasteiger partial charge in [0.25, 0.3) is 0 Å². The molecule has 2 amide bonds. The maximum absolute atomic E-state index is 11.4. The summed E-state index contributed by atoms with van der Waals surface area (Å²) in [7, 11) is 0. The molecule has 0 fully saturated rings. The SMILES string of the molecule is NC(=O)N1C=Cc2nn3cccc4cncc-4c3c2C1. The zero-order chi connectivity index (χ0) is 13.7. The molecule has 0 saturated carbocycles. The largest absolute Gasteiger partial charge is 0.351 e. The number of hydrogen-bond acceptors (Lipinski definition) is 3. The van der Waals surface area contributed by atoms with Crippen molar-refractivity contribution in [2.24, 2.45) is 5.73 Å². The van der Waals surface area contributed by atoms with Gasteiger partial charge in [0.05, 0.1) is 17.8 Å². The second-order valence-electron chi connectivity index (χ2n) is 4.72. The molecule has 3 aliphatic heterocycles. The van der Waals surface area contributed by atoms with Gasteiger partial charge in [0.15, 0.2) is 0 Å². The van der Waals surface area contributed by atoms with Crippen LogP contribution in [0.4, 0.5) is 4.79 Å². The van der Waals surface area contributed by atoms with Crippen LogP contribution in [0.1, 0.15) is 11.3 Å². The summed E-state index contributed by atoms with van der Waals surface area (Å²) in [4.78, 5) is 17.0. The van der Waals surface area contributed by atoms with Gasteiger partial charge in [-0.2, -0.15) is 5.10 Å². The van der Waals surface area contributed by atoms with Crippen LogP contribution < -0.4 is 5.73 Å². The van der Waals surface area contributed by atoms with Gasteiger partial charge in [-0.3, -0.25) is 9.88 Å². The number of hydrogen-bond donors (Lipinski definition) is 1. The summed E-state index contributed by atoms with van der Waals surface area (Å²) in [6, 6.07) is 3.46. The van der Waals surface area contributed by atoms with Crippen molar-refractivity contribution in [1.82, 2.24) is 19.5 Å². The molecule has 3 aliphatic rings. The fraction of sp³-hybridized carbons (Fsp3) is 0.0714. The quantitative estimate of drug-likeness (QED) is 0.672. The van der Waals surface area contributed by atoms with Crippen LogP contribution >= 0.6 is 0 Å². The van der Waals surface area contributed by atoms with E-state index in [-0.39, 0.29) is 0 Å². The molecule has 20 heavy (non-hydrogen) atoms. The summed E-state index contributed by atoms with van der Waals surface area (Å²) in [5.41, 5.74) is 10.2. The highest BCUT2D eigenvalue weighted by Gasteiger charge is 2.22. The van der Waals surface area contributed by atoms with Crippen LogP contribution in [0.15, 0.2) is 36.9 Å². The summed E-state index contributed by atoms with van der Waals surface area (Å²) < 4.78 is 1.82. The van der Waals surface area contributed by atoms with Crippen molar-refractivity contribution in [3.8, 4) is 11.1 Å². The number of fused-ring (bicyclic) bond motifs is 5. The molecule has 0 aliphatic carbocycles. The highest BCUT2D eigenvalue weighted by molar-refractivity contribution is 5.86. The molecular formula is C14H11N5O. The van der Waals surface area contributed by atoms with E-state index in [9.17, 15) is 4.79 Å². The van der Waals surface area contributed by atoms with Gasteiger partial charge in [-0.25, -0.2) is 9.31 Å². The van der Waals surface area contributed by atoms with E-state index in [2.05, 4.69) is 10.1 Å². The van der Waals surface area contributed by atoms with Gasteiger partial charge in [-0.15, -0.1) is 0 Å². The molecule has 1 aromatic rings. The van der Waals surface area contributed by atoms with Gasteiger partial charge in [0.2, 0.25) is 0 Å². The standard InChI is InChI=1S/C14H11N5O/c15-14(20)18-5-3-12-11(8-18)13-10-7-16-6-9(10)2-1-4-19(13)17-12/h1-7H,8H2,(H2,15,20). The van der Waals surface area contributed by atoms with Gasteiger partial charge in [0, 0.05) is 41.5 Å². The summed E-state index contributed by atoms with van der Waals surface area (Å²) in [5, 5.41) is 4.54. The Balaban J connectivity index is 2.03. The number of amides is 2. The molecule has 1 aromatic heterocycles. The molecule has 98 valence electrons. The first-order valence-electron chi connectivity index (χ1n) is 6.22. The average Bonchev–Trinajstić information content (AvgIpc) is 2.98. The number of primary amides is 1. The van der Waals surface area contributed by atoms with Crippen LogP contribution in [-0.2, 0) is 6.54 Å². The number of nitrogens with two attached hydrogens (primary N) is 1. The molecule has 0 saturated heterocycles.